The molecule has 0 spiro atoms. The van der Waals surface area contributed by atoms with Gasteiger partial charge in [0, 0.05) is 17.8 Å². The van der Waals surface area contributed by atoms with Crippen molar-refractivity contribution in [1.29, 1.82) is 0 Å². The number of carbonyl (C=O) groups excluding carboxylic acids is 1. The standard InChI is InChI=1S/C19H23N3O3S/c1-3-17-16-7-9-21(14-6-4-5-13(2)11-14)19(23)18(16)22(20-17)15-8-10-26(24,25)12-15/h4-6,11,15H,3,7-10,12H2,1-2H3. The zero-order valence-corrected chi connectivity index (χ0v) is 15.9. The largest absolute Gasteiger partial charge is 0.307 e. The highest BCUT2D eigenvalue weighted by Gasteiger charge is 2.37. The Kier molecular flexibility index (Phi) is 4.14. The van der Waals surface area contributed by atoms with Gasteiger partial charge in [-0.2, -0.15) is 5.10 Å². The van der Waals surface area contributed by atoms with Gasteiger partial charge in [0.05, 0.1) is 23.2 Å². The van der Waals surface area contributed by atoms with Gasteiger partial charge in [0.15, 0.2) is 9.84 Å². The summed E-state index contributed by atoms with van der Waals surface area (Å²) in [7, 11) is -3.04. The molecule has 1 saturated heterocycles. The van der Waals surface area contributed by atoms with E-state index in [4.69, 9.17) is 0 Å². The number of aromatic nitrogens is 2. The second-order valence-corrected chi connectivity index (χ2v) is 9.40. The van der Waals surface area contributed by atoms with E-state index in [9.17, 15) is 13.2 Å². The van der Waals surface area contributed by atoms with Gasteiger partial charge in [-0.1, -0.05) is 19.1 Å². The monoisotopic (exact) mass is 373 g/mol. The van der Waals surface area contributed by atoms with Gasteiger partial charge in [0.25, 0.3) is 5.91 Å². The lowest BCUT2D eigenvalue weighted by Gasteiger charge is -2.28. The van der Waals surface area contributed by atoms with Crippen LogP contribution in [-0.2, 0) is 22.7 Å². The first kappa shape index (κ1) is 17.3. The molecule has 26 heavy (non-hydrogen) atoms. The number of benzene rings is 1. The Hall–Kier alpha value is -2.15. The fourth-order valence-corrected chi connectivity index (χ4v) is 5.71. The molecule has 6 nitrogen and oxygen atoms in total. The van der Waals surface area contributed by atoms with Crippen LogP contribution in [0.1, 0.15) is 46.7 Å². The summed E-state index contributed by atoms with van der Waals surface area (Å²) in [5.41, 5.74) is 4.47. The smallest absolute Gasteiger partial charge is 0.276 e. The lowest BCUT2D eigenvalue weighted by atomic mass is 10.0. The molecule has 1 atom stereocenters. The minimum Gasteiger partial charge on any atom is -0.307 e. The van der Waals surface area contributed by atoms with Crippen molar-refractivity contribution >= 4 is 21.4 Å². The number of carbonyl (C=O) groups is 1. The van der Waals surface area contributed by atoms with Crippen molar-refractivity contribution in [3.8, 4) is 0 Å². The summed E-state index contributed by atoms with van der Waals surface area (Å²) in [6.45, 7) is 4.65. The van der Waals surface area contributed by atoms with E-state index in [1.54, 1.807) is 9.58 Å². The minimum absolute atomic E-state index is 0.0714. The van der Waals surface area contributed by atoms with Crippen molar-refractivity contribution in [3.63, 3.8) is 0 Å². The maximum atomic E-state index is 13.3. The summed E-state index contributed by atoms with van der Waals surface area (Å²) in [6, 6.07) is 7.66. The van der Waals surface area contributed by atoms with Gasteiger partial charge in [-0.05, 0) is 43.9 Å². The average molecular weight is 373 g/mol. The van der Waals surface area contributed by atoms with Crippen LogP contribution in [0.25, 0.3) is 0 Å². The lowest BCUT2D eigenvalue weighted by Crippen LogP contribution is -2.39. The number of sulfone groups is 1. The Labute approximate surface area is 153 Å². The van der Waals surface area contributed by atoms with Crippen molar-refractivity contribution < 1.29 is 13.2 Å². The van der Waals surface area contributed by atoms with Crippen LogP contribution in [0.4, 0.5) is 5.69 Å². The molecule has 1 unspecified atom stereocenters. The number of aryl methyl sites for hydroxylation is 2. The van der Waals surface area contributed by atoms with E-state index >= 15 is 0 Å². The topological polar surface area (TPSA) is 72.3 Å². The first-order chi connectivity index (χ1) is 12.4. The first-order valence-corrected chi connectivity index (χ1v) is 10.9. The van der Waals surface area contributed by atoms with Crippen molar-refractivity contribution in [2.45, 2.75) is 39.2 Å². The molecular formula is C19H23N3O3S. The zero-order chi connectivity index (χ0) is 18.5. The zero-order valence-electron chi connectivity index (χ0n) is 15.1. The third kappa shape index (κ3) is 2.84. The maximum absolute atomic E-state index is 13.3. The van der Waals surface area contributed by atoms with E-state index in [1.807, 2.05) is 38.1 Å². The molecule has 1 amide bonds. The molecule has 1 fully saturated rings. The van der Waals surface area contributed by atoms with Gasteiger partial charge in [-0.15, -0.1) is 0 Å². The molecule has 0 radical (unpaired) electrons. The summed E-state index contributed by atoms with van der Waals surface area (Å²) in [5, 5.41) is 4.66. The first-order valence-electron chi connectivity index (χ1n) is 9.09. The maximum Gasteiger partial charge on any atom is 0.276 e. The highest BCUT2D eigenvalue weighted by Crippen LogP contribution is 2.32. The Balaban J connectivity index is 1.77. The molecule has 1 aromatic heterocycles. The molecule has 2 aliphatic rings. The molecule has 0 aliphatic carbocycles. The van der Waals surface area contributed by atoms with Crippen molar-refractivity contribution in [3.05, 3.63) is 46.8 Å². The SMILES string of the molecule is CCc1nn(C2CCS(=O)(=O)C2)c2c1CCN(c1cccc(C)c1)C2=O. The van der Waals surface area contributed by atoms with Gasteiger partial charge >= 0.3 is 0 Å². The molecule has 1 aromatic carbocycles. The van der Waals surface area contributed by atoms with Crippen LogP contribution in [0.3, 0.4) is 0 Å². The van der Waals surface area contributed by atoms with Crippen LogP contribution < -0.4 is 4.90 Å². The molecule has 2 aliphatic heterocycles. The molecule has 2 aromatic rings. The number of anilines is 1. The van der Waals surface area contributed by atoms with Crippen LogP contribution in [0.15, 0.2) is 24.3 Å². The molecule has 0 saturated carbocycles. The second kappa shape index (κ2) is 6.23. The van der Waals surface area contributed by atoms with Crippen molar-refractivity contribution in [2.75, 3.05) is 23.0 Å². The summed E-state index contributed by atoms with van der Waals surface area (Å²) in [4.78, 5) is 15.1. The summed E-state index contributed by atoms with van der Waals surface area (Å²) in [5.74, 6) is 0.166. The van der Waals surface area contributed by atoms with E-state index in [0.29, 0.717) is 18.7 Å². The molecular weight excluding hydrogens is 350 g/mol. The molecule has 138 valence electrons. The van der Waals surface area contributed by atoms with Crippen LogP contribution in [-0.4, -0.2) is 42.2 Å². The van der Waals surface area contributed by atoms with Crippen LogP contribution >= 0.6 is 0 Å². The van der Waals surface area contributed by atoms with Crippen LogP contribution in [0.5, 0.6) is 0 Å². The molecule has 0 N–H and O–H groups in total. The molecule has 4 rings (SSSR count). The Morgan fingerprint density at radius 3 is 2.77 bits per heavy atom. The second-order valence-electron chi connectivity index (χ2n) is 7.17. The number of fused-ring (bicyclic) bond motifs is 1. The van der Waals surface area contributed by atoms with E-state index in [2.05, 4.69) is 5.10 Å². The van der Waals surface area contributed by atoms with Gasteiger partial charge in [0.2, 0.25) is 0 Å². The minimum atomic E-state index is -3.04. The predicted octanol–water partition coefficient (Wildman–Crippen LogP) is 2.32. The molecule has 0 bridgehead atoms. The van der Waals surface area contributed by atoms with E-state index in [-0.39, 0.29) is 23.5 Å². The summed E-state index contributed by atoms with van der Waals surface area (Å²) >= 11 is 0. The quantitative estimate of drug-likeness (QED) is 0.828. The highest BCUT2D eigenvalue weighted by molar-refractivity contribution is 7.91. The predicted molar refractivity (Wildman–Crippen MR) is 100 cm³/mol. The lowest BCUT2D eigenvalue weighted by molar-refractivity contribution is 0.0967. The molecule has 3 heterocycles. The third-order valence-electron chi connectivity index (χ3n) is 5.33. The fourth-order valence-electron chi connectivity index (χ4n) is 4.02. The number of hydrogen-bond acceptors (Lipinski definition) is 4. The van der Waals surface area contributed by atoms with E-state index in [0.717, 1.165) is 35.3 Å². The fraction of sp³-hybridized carbons (Fsp3) is 0.474. The number of amides is 1. The van der Waals surface area contributed by atoms with Crippen LogP contribution in [0, 0.1) is 6.92 Å². The number of nitrogens with zero attached hydrogens (tertiary/aromatic N) is 3. The number of rotatable bonds is 3. The Bertz CT molecular complexity index is 978. The molecule has 7 heteroatoms. The van der Waals surface area contributed by atoms with Gasteiger partial charge in [0.1, 0.15) is 5.69 Å². The Morgan fingerprint density at radius 1 is 1.31 bits per heavy atom. The Morgan fingerprint density at radius 2 is 2.12 bits per heavy atom. The third-order valence-corrected chi connectivity index (χ3v) is 7.08. The van der Waals surface area contributed by atoms with E-state index in [1.165, 1.54) is 0 Å². The van der Waals surface area contributed by atoms with Gasteiger partial charge in [-0.3, -0.25) is 9.48 Å². The van der Waals surface area contributed by atoms with Crippen LogP contribution in [0.2, 0.25) is 0 Å². The average Bonchev–Trinajstić information content (AvgIpc) is 3.15. The van der Waals surface area contributed by atoms with Crippen molar-refractivity contribution in [2.24, 2.45) is 0 Å². The van der Waals surface area contributed by atoms with Gasteiger partial charge < -0.3 is 4.90 Å². The highest BCUT2D eigenvalue weighted by atomic mass is 32.2. The summed E-state index contributed by atoms with van der Waals surface area (Å²) < 4.78 is 25.6. The number of hydrogen-bond donors (Lipinski definition) is 0. The van der Waals surface area contributed by atoms with Gasteiger partial charge in [-0.25, -0.2) is 8.42 Å². The van der Waals surface area contributed by atoms with Crippen molar-refractivity contribution in [1.82, 2.24) is 9.78 Å². The normalized spacial score (nSPS) is 21.8. The van der Waals surface area contributed by atoms with E-state index < -0.39 is 9.84 Å². The summed E-state index contributed by atoms with van der Waals surface area (Å²) in [6.07, 6.45) is 2.02.